The Morgan fingerprint density at radius 2 is 2.00 bits per heavy atom. The van der Waals surface area contributed by atoms with E-state index in [9.17, 15) is 18.5 Å². The molecule has 0 radical (unpaired) electrons. The van der Waals surface area contributed by atoms with Crippen molar-refractivity contribution >= 4 is 38.0 Å². The minimum absolute atomic E-state index is 0.0380. The van der Waals surface area contributed by atoms with Crippen molar-refractivity contribution in [1.82, 2.24) is 4.98 Å². The normalized spacial score (nSPS) is 11.7. The topological polar surface area (TPSA) is 90.2 Å². The number of pyridine rings is 1. The van der Waals surface area contributed by atoms with Crippen molar-refractivity contribution in [1.29, 1.82) is 0 Å². The van der Waals surface area contributed by atoms with Gasteiger partial charge in [-0.25, -0.2) is 13.4 Å². The molecule has 20 heavy (non-hydrogen) atoms. The second-order valence-corrected chi connectivity index (χ2v) is 6.58. The fourth-order valence-electron chi connectivity index (χ4n) is 1.73. The van der Waals surface area contributed by atoms with Gasteiger partial charge in [0.1, 0.15) is 0 Å². The van der Waals surface area contributed by atoms with E-state index in [0.29, 0.717) is 17.3 Å². The van der Waals surface area contributed by atoms with Crippen LogP contribution in [0.3, 0.4) is 0 Å². The lowest BCUT2D eigenvalue weighted by molar-refractivity contribution is -0.384. The number of nitro groups is 1. The summed E-state index contributed by atoms with van der Waals surface area (Å²) in [5.41, 5.74) is 0.347. The molecule has 0 saturated carbocycles. The summed E-state index contributed by atoms with van der Waals surface area (Å²) < 4.78 is 24.0. The number of sulfone groups is 1. The highest BCUT2D eigenvalue weighted by Gasteiger charge is 2.16. The van der Waals surface area contributed by atoms with Gasteiger partial charge in [-0.05, 0) is 24.6 Å². The van der Waals surface area contributed by atoms with Crippen LogP contribution in [0.4, 0.5) is 5.69 Å². The van der Waals surface area contributed by atoms with Crippen LogP contribution in [0, 0.1) is 10.1 Å². The molecule has 8 heteroatoms. The lowest BCUT2D eigenvalue weighted by Gasteiger charge is -2.04. The SMILES string of the molecule is O=[N+]([O-])c1ccc2nc(S(=O)(=O)CCCCl)ccc2c1. The Hall–Kier alpha value is -1.73. The molecule has 0 amide bonds. The predicted molar refractivity (Wildman–Crippen MR) is 75.8 cm³/mol. The molecule has 0 fully saturated rings. The Labute approximate surface area is 120 Å². The molecule has 106 valence electrons. The number of hydrogen-bond acceptors (Lipinski definition) is 5. The Kier molecular flexibility index (Phi) is 4.20. The molecular formula is C12H11ClN2O4S. The molecule has 0 unspecified atom stereocenters. The molecule has 0 aliphatic rings. The van der Waals surface area contributed by atoms with Crippen LogP contribution in [0.15, 0.2) is 35.4 Å². The van der Waals surface area contributed by atoms with Gasteiger partial charge in [0.25, 0.3) is 5.69 Å². The molecule has 0 aliphatic carbocycles. The van der Waals surface area contributed by atoms with Crippen molar-refractivity contribution in [2.24, 2.45) is 0 Å². The van der Waals surface area contributed by atoms with Crippen molar-refractivity contribution < 1.29 is 13.3 Å². The van der Waals surface area contributed by atoms with Gasteiger partial charge < -0.3 is 0 Å². The van der Waals surface area contributed by atoms with Crippen LogP contribution in [-0.2, 0) is 9.84 Å². The number of non-ortho nitro benzene ring substituents is 1. The van der Waals surface area contributed by atoms with E-state index in [1.165, 1.54) is 30.3 Å². The van der Waals surface area contributed by atoms with Crippen molar-refractivity contribution in [2.75, 3.05) is 11.6 Å². The molecule has 6 nitrogen and oxygen atoms in total. The number of hydrogen-bond donors (Lipinski definition) is 0. The van der Waals surface area contributed by atoms with Crippen LogP contribution in [0.25, 0.3) is 10.9 Å². The zero-order valence-corrected chi connectivity index (χ0v) is 11.9. The minimum Gasteiger partial charge on any atom is -0.258 e. The minimum atomic E-state index is -3.47. The van der Waals surface area contributed by atoms with E-state index in [4.69, 9.17) is 11.6 Å². The van der Waals surface area contributed by atoms with E-state index >= 15 is 0 Å². The van der Waals surface area contributed by atoms with Crippen LogP contribution in [-0.4, -0.2) is 30.0 Å². The van der Waals surface area contributed by atoms with E-state index in [1.807, 2.05) is 0 Å². The maximum atomic E-state index is 12.0. The van der Waals surface area contributed by atoms with E-state index in [1.54, 1.807) is 0 Å². The largest absolute Gasteiger partial charge is 0.270 e. The number of rotatable bonds is 5. The first-order valence-corrected chi connectivity index (χ1v) is 7.96. The second-order valence-electron chi connectivity index (χ2n) is 4.15. The summed E-state index contributed by atoms with van der Waals surface area (Å²) in [6, 6.07) is 6.97. The van der Waals surface area contributed by atoms with Crippen LogP contribution in [0.1, 0.15) is 6.42 Å². The second kappa shape index (κ2) is 5.72. The maximum absolute atomic E-state index is 12.0. The average Bonchev–Trinajstić information content (AvgIpc) is 2.44. The first-order chi connectivity index (χ1) is 9.44. The lowest BCUT2D eigenvalue weighted by atomic mass is 10.2. The molecule has 0 atom stereocenters. The monoisotopic (exact) mass is 314 g/mol. The first kappa shape index (κ1) is 14.7. The third-order valence-corrected chi connectivity index (χ3v) is 4.68. The summed E-state index contributed by atoms with van der Waals surface area (Å²) in [7, 11) is -3.47. The molecule has 1 aromatic heterocycles. The zero-order valence-electron chi connectivity index (χ0n) is 10.3. The fraction of sp³-hybridized carbons (Fsp3) is 0.250. The molecule has 0 spiro atoms. The number of nitro benzene ring substituents is 1. The summed E-state index contributed by atoms with van der Waals surface area (Å²) in [6.45, 7) is 0. The number of alkyl halides is 1. The summed E-state index contributed by atoms with van der Waals surface area (Å²) >= 11 is 5.49. The summed E-state index contributed by atoms with van der Waals surface area (Å²) in [4.78, 5) is 14.2. The quantitative estimate of drug-likeness (QED) is 0.480. The Bertz CT molecular complexity index is 761. The van der Waals surface area contributed by atoms with Gasteiger partial charge in [0.05, 0.1) is 16.2 Å². The van der Waals surface area contributed by atoms with Crippen molar-refractivity contribution in [3.8, 4) is 0 Å². The summed E-state index contributed by atoms with van der Waals surface area (Å²) in [5.74, 6) is 0.195. The van der Waals surface area contributed by atoms with Gasteiger partial charge in [0.2, 0.25) is 0 Å². The molecule has 0 aliphatic heterocycles. The number of fused-ring (bicyclic) bond motifs is 1. The Balaban J connectivity index is 2.44. The van der Waals surface area contributed by atoms with Gasteiger partial charge in [-0.2, -0.15) is 0 Å². The molecule has 0 N–H and O–H groups in total. The molecule has 1 heterocycles. The van der Waals surface area contributed by atoms with Gasteiger partial charge in [-0.15, -0.1) is 11.6 Å². The van der Waals surface area contributed by atoms with E-state index in [0.717, 1.165) is 0 Å². The standard InChI is InChI=1S/C12H11ClN2O4S/c13-6-1-7-20(18,19)12-5-2-9-8-10(15(16)17)3-4-11(9)14-12/h2-5,8H,1,6-7H2. The van der Waals surface area contributed by atoms with Crippen LogP contribution in [0.2, 0.25) is 0 Å². The number of halogens is 1. The van der Waals surface area contributed by atoms with Crippen LogP contribution in [0.5, 0.6) is 0 Å². The molecule has 1 aromatic carbocycles. The number of benzene rings is 1. The van der Waals surface area contributed by atoms with Gasteiger partial charge in [-0.1, -0.05) is 0 Å². The highest BCUT2D eigenvalue weighted by atomic mass is 35.5. The van der Waals surface area contributed by atoms with Gasteiger partial charge in [0, 0.05) is 23.4 Å². The van der Waals surface area contributed by atoms with E-state index in [2.05, 4.69) is 4.98 Å². The number of nitrogens with zero attached hydrogens (tertiary/aromatic N) is 2. The van der Waals surface area contributed by atoms with Gasteiger partial charge in [0.15, 0.2) is 14.9 Å². The average molecular weight is 315 g/mol. The third-order valence-electron chi connectivity index (χ3n) is 2.72. The first-order valence-electron chi connectivity index (χ1n) is 5.78. The van der Waals surface area contributed by atoms with Gasteiger partial charge in [-0.3, -0.25) is 10.1 Å². The highest BCUT2D eigenvalue weighted by molar-refractivity contribution is 7.91. The van der Waals surface area contributed by atoms with Crippen LogP contribution >= 0.6 is 11.6 Å². The zero-order chi connectivity index (χ0) is 14.8. The molecule has 0 saturated heterocycles. The fourth-order valence-corrected chi connectivity index (χ4v) is 3.27. The van der Waals surface area contributed by atoms with E-state index < -0.39 is 14.8 Å². The van der Waals surface area contributed by atoms with Crippen molar-refractivity contribution in [3.05, 3.63) is 40.4 Å². The van der Waals surface area contributed by atoms with Gasteiger partial charge >= 0.3 is 0 Å². The predicted octanol–water partition coefficient (Wildman–Crippen LogP) is 2.55. The third kappa shape index (κ3) is 3.05. The maximum Gasteiger partial charge on any atom is 0.270 e. The lowest BCUT2D eigenvalue weighted by Crippen LogP contribution is -2.09. The summed E-state index contributed by atoms with van der Waals surface area (Å²) in [5, 5.41) is 11.2. The smallest absolute Gasteiger partial charge is 0.258 e. The molecule has 2 aromatic rings. The van der Waals surface area contributed by atoms with Crippen LogP contribution < -0.4 is 0 Å². The molecular weight excluding hydrogens is 304 g/mol. The highest BCUT2D eigenvalue weighted by Crippen LogP contribution is 2.21. The number of aromatic nitrogens is 1. The summed E-state index contributed by atoms with van der Waals surface area (Å²) in [6.07, 6.45) is 0.351. The Morgan fingerprint density at radius 3 is 2.65 bits per heavy atom. The van der Waals surface area contributed by atoms with Crippen molar-refractivity contribution in [3.63, 3.8) is 0 Å². The van der Waals surface area contributed by atoms with E-state index in [-0.39, 0.29) is 22.3 Å². The Morgan fingerprint density at radius 1 is 1.25 bits per heavy atom. The van der Waals surface area contributed by atoms with Crippen molar-refractivity contribution in [2.45, 2.75) is 11.4 Å². The molecule has 0 bridgehead atoms. The molecule has 2 rings (SSSR count).